The maximum Gasteiger partial charge on any atom is 0.123 e. The molecule has 1 aliphatic carbocycles. The number of hydrogen-bond donors (Lipinski definition) is 2. The molecule has 2 N–H and O–H groups in total. The Morgan fingerprint density at radius 3 is 2.07 bits per heavy atom. The molecule has 1 fully saturated rings. The number of aliphatic hydroxyl groups is 1. The molecule has 0 bridgehead atoms. The van der Waals surface area contributed by atoms with Gasteiger partial charge in [-0.3, -0.25) is 0 Å². The van der Waals surface area contributed by atoms with Gasteiger partial charge in [-0.05, 0) is 53.6 Å². The lowest BCUT2D eigenvalue weighted by Crippen LogP contribution is -2.44. The molecule has 0 unspecified atom stereocenters. The lowest BCUT2D eigenvalue weighted by Gasteiger charge is -2.35. The van der Waals surface area contributed by atoms with Crippen molar-refractivity contribution in [2.24, 2.45) is 11.8 Å². The van der Waals surface area contributed by atoms with E-state index in [-0.39, 0.29) is 18.2 Å². The quantitative estimate of drug-likeness (QED) is 0.662. The molecule has 0 heterocycles. The van der Waals surface area contributed by atoms with Gasteiger partial charge in [0.05, 0.1) is 12.7 Å². The molecule has 0 aromatic heterocycles. The van der Waals surface area contributed by atoms with E-state index in [1.54, 1.807) is 24.3 Å². The molecule has 0 amide bonds. The first-order valence-electron chi connectivity index (χ1n) is 10.5. The summed E-state index contributed by atoms with van der Waals surface area (Å²) < 4.78 is 32.6. The second kappa shape index (κ2) is 10.3. The van der Waals surface area contributed by atoms with E-state index in [0.717, 1.165) is 17.5 Å². The lowest BCUT2D eigenvalue weighted by atomic mass is 9.78. The van der Waals surface area contributed by atoms with Crippen molar-refractivity contribution in [3.8, 4) is 0 Å². The molecular weight excluding hydrogens is 372 g/mol. The highest BCUT2D eigenvalue weighted by Gasteiger charge is 2.27. The van der Waals surface area contributed by atoms with Crippen molar-refractivity contribution in [1.82, 2.24) is 5.32 Å². The predicted octanol–water partition coefficient (Wildman–Crippen LogP) is 4.85. The average molecular weight is 404 g/mol. The minimum absolute atomic E-state index is 0.128. The first kappa shape index (κ1) is 21.9. The zero-order chi connectivity index (χ0) is 20.8. The van der Waals surface area contributed by atoms with Crippen molar-refractivity contribution in [3.05, 3.63) is 71.3 Å². The van der Waals surface area contributed by atoms with Gasteiger partial charge in [0, 0.05) is 12.6 Å². The Labute approximate surface area is 172 Å². The van der Waals surface area contributed by atoms with Crippen molar-refractivity contribution >= 4 is 0 Å². The average Bonchev–Trinajstić information content (AvgIpc) is 2.71. The highest BCUT2D eigenvalue weighted by atomic mass is 19.1. The van der Waals surface area contributed by atoms with Crippen LogP contribution >= 0.6 is 0 Å². The van der Waals surface area contributed by atoms with Crippen LogP contribution in [-0.2, 0) is 4.74 Å². The topological polar surface area (TPSA) is 41.5 Å². The maximum atomic E-state index is 13.3. The van der Waals surface area contributed by atoms with Gasteiger partial charge in [-0.25, -0.2) is 8.78 Å². The molecule has 0 radical (unpaired) electrons. The van der Waals surface area contributed by atoms with Gasteiger partial charge < -0.3 is 15.2 Å². The van der Waals surface area contributed by atoms with Crippen molar-refractivity contribution in [2.45, 2.75) is 51.4 Å². The van der Waals surface area contributed by atoms with Gasteiger partial charge in [0.15, 0.2) is 0 Å². The first-order chi connectivity index (χ1) is 13.9. The molecule has 29 heavy (non-hydrogen) atoms. The van der Waals surface area contributed by atoms with E-state index in [1.165, 1.54) is 37.1 Å². The van der Waals surface area contributed by atoms with E-state index in [0.29, 0.717) is 24.4 Å². The minimum atomic E-state index is -0.664. The monoisotopic (exact) mass is 403 g/mol. The molecule has 0 saturated heterocycles. The van der Waals surface area contributed by atoms with Crippen LogP contribution in [0, 0.1) is 23.5 Å². The number of benzene rings is 2. The summed E-state index contributed by atoms with van der Waals surface area (Å²) in [6.45, 7) is 5.14. The number of rotatable bonds is 8. The van der Waals surface area contributed by atoms with Crippen LogP contribution in [0.15, 0.2) is 48.5 Å². The standard InChI is InChI=1S/C24H31F2NO2/c1-16-4-3-5-23(17(16)2)27-14-22(28)15-29-24(18-6-10-20(25)11-7-18)19-8-12-21(26)13-9-19/h6-13,16-17,22-24,27-28H,3-5,14-15H2,1-2H3/t16-,17+,22-,23-/m0/s1. The Hall–Kier alpha value is -1.82. The molecular formula is C24H31F2NO2. The molecule has 2 aromatic rings. The molecule has 3 nitrogen and oxygen atoms in total. The summed E-state index contributed by atoms with van der Waals surface area (Å²) in [6.07, 6.45) is 2.45. The smallest absolute Gasteiger partial charge is 0.123 e. The van der Waals surface area contributed by atoms with Gasteiger partial charge in [0.2, 0.25) is 0 Å². The first-order valence-corrected chi connectivity index (χ1v) is 10.5. The van der Waals surface area contributed by atoms with E-state index in [4.69, 9.17) is 4.74 Å². The molecule has 0 spiro atoms. The SMILES string of the molecule is C[C@H]1[C@@H](NC[C@H](O)COC(c2ccc(F)cc2)c2ccc(F)cc2)CCC[C@@H]1C. The number of halogens is 2. The van der Waals surface area contributed by atoms with Gasteiger partial charge in [-0.1, -0.05) is 51.0 Å². The van der Waals surface area contributed by atoms with Gasteiger partial charge >= 0.3 is 0 Å². The summed E-state index contributed by atoms with van der Waals surface area (Å²) >= 11 is 0. The van der Waals surface area contributed by atoms with Crippen LogP contribution in [0.2, 0.25) is 0 Å². The Morgan fingerprint density at radius 2 is 1.52 bits per heavy atom. The van der Waals surface area contributed by atoms with Crippen LogP contribution in [0.5, 0.6) is 0 Å². The van der Waals surface area contributed by atoms with E-state index in [2.05, 4.69) is 19.2 Å². The fourth-order valence-corrected chi connectivity index (χ4v) is 4.08. The number of aliphatic hydroxyl groups excluding tert-OH is 1. The third-order valence-electron chi connectivity index (χ3n) is 6.12. The summed E-state index contributed by atoms with van der Waals surface area (Å²) in [5, 5.41) is 13.9. The zero-order valence-corrected chi connectivity index (χ0v) is 17.2. The van der Waals surface area contributed by atoms with Gasteiger partial charge in [0.1, 0.15) is 17.7 Å². The van der Waals surface area contributed by atoms with Gasteiger partial charge in [-0.15, -0.1) is 0 Å². The Balaban J connectivity index is 1.60. The van der Waals surface area contributed by atoms with Crippen LogP contribution in [-0.4, -0.2) is 30.4 Å². The molecule has 0 aliphatic heterocycles. The van der Waals surface area contributed by atoms with Crippen LogP contribution in [0.25, 0.3) is 0 Å². The fourth-order valence-electron chi connectivity index (χ4n) is 4.08. The minimum Gasteiger partial charge on any atom is -0.389 e. The van der Waals surface area contributed by atoms with E-state index >= 15 is 0 Å². The van der Waals surface area contributed by atoms with Gasteiger partial charge in [-0.2, -0.15) is 0 Å². The number of ether oxygens (including phenoxy) is 1. The molecule has 158 valence electrons. The van der Waals surface area contributed by atoms with Crippen molar-refractivity contribution < 1.29 is 18.6 Å². The van der Waals surface area contributed by atoms with Crippen molar-refractivity contribution in [1.29, 1.82) is 0 Å². The number of hydrogen-bond acceptors (Lipinski definition) is 3. The second-order valence-electron chi connectivity index (χ2n) is 8.25. The van der Waals surface area contributed by atoms with E-state index in [1.807, 2.05) is 0 Å². The van der Waals surface area contributed by atoms with Crippen molar-refractivity contribution in [3.63, 3.8) is 0 Å². The van der Waals surface area contributed by atoms with E-state index < -0.39 is 12.2 Å². The largest absolute Gasteiger partial charge is 0.389 e. The number of nitrogens with one attached hydrogen (secondary N) is 1. The Bertz CT molecular complexity index is 705. The predicted molar refractivity (Wildman–Crippen MR) is 111 cm³/mol. The van der Waals surface area contributed by atoms with Crippen LogP contribution < -0.4 is 5.32 Å². The Morgan fingerprint density at radius 1 is 0.966 bits per heavy atom. The molecule has 2 aromatic carbocycles. The van der Waals surface area contributed by atoms with Crippen LogP contribution in [0.4, 0.5) is 8.78 Å². The zero-order valence-electron chi connectivity index (χ0n) is 17.2. The molecule has 1 aliphatic rings. The third-order valence-corrected chi connectivity index (χ3v) is 6.12. The van der Waals surface area contributed by atoms with Crippen molar-refractivity contribution in [2.75, 3.05) is 13.2 Å². The summed E-state index contributed by atoms with van der Waals surface area (Å²) in [5.74, 6) is 0.623. The fraction of sp³-hybridized carbons (Fsp3) is 0.500. The highest BCUT2D eigenvalue weighted by Crippen LogP contribution is 2.30. The summed E-state index contributed by atoms with van der Waals surface area (Å²) in [7, 11) is 0. The summed E-state index contributed by atoms with van der Waals surface area (Å²) in [4.78, 5) is 0. The molecule has 4 atom stereocenters. The van der Waals surface area contributed by atoms with Crippen LogP contribution in [0.3, 0.4) is 0 Å². The molecule has 1 saturated carbocycles. The summed E-state index contributed by atoms with van der Waals surface area (Å²) in [6, 6.07) is 12.5. The highest BCUT2D eigenvalue weighted by molar-refractivity contribution is 5.30. The molecule has 5 heteroatoms. The molecule has 3 rings (SSSR count). The Kier molecular flexibility index (Phi) is 7.76. The normalized spacial score (nSPS) is 23.3. The second-order valence-corrected chi connectivity index (χ2v) is 8.25. The van der Waals surface area contributed by atoms with Crippen LogP contribution in [0.1, 0.15) is 50.3 Å². The van der Waals surface area contributed by atoms with Gasteiger partial charge in [0.25, 0.3) is 0 Å². The van der Waals surface area contributed by atoms with E-state index in [9.17, 15) is 13.9 Å². The third kappa shape index (κ3) is 6.08. The summed E-state index contributed by atoms with van der Waals surface area (Å²) in [5.41, 5.74) is 1.51. The lowest BCUT2D eigenvalue weighted by molar-refractivity contribution is 0.00383. The maximum absolute atomic E-state index is 13.3.